The molecule has 294 valence electrons. The summed E-state index contributed by atoms with van der Waals surface area (Å²) in [5.41, 5.74) is 3.97. The molecule has 2 N–H and O–H groups in total. The van der Waals surface area contributed by atoms with E-state index in [4.69, 9.17) is 46.6 Å². The molecule has 14 heteroatoms. The van der Waals surface area contributed by atoms with Gasteiger partial charge in [0.2, 0.25) is 5.91 Å². The Morgan fingerprint density at radius 3 is 2.37 bits per heavy atom. The molecule has 0 radical (unpaired) electrons. The lowest BCUT2D eigenvalue weighted by atomic mass is 9.91. The molecule has 0 saturated carbocycles. The van der Waals surface area contributed by atoms with Crippen LogP contribution in [0.4, 0.5) is 0 Å². The van der Waals surface area contributed by atoms with Gasteiger partial charge in [0.15, 0.2) is 29.2 Å². The average molecular weight is 813 g/mol. The molecule has 0 fully saturated rings. The number of carboxylic acid groups (broad SMARTS) is 1. The van der Waals surface area contributed by atoms with Crippen LogP contribution in [0, 0.1) is 6.92 Å². The largest absolute Gasteiger partial charge is 0.489 e. The van der Waals surface area contributed by atoms with Crippen LogP contribution in [0.3, 0.4) is 0 Å². The van der Waals surface area contributed by atoms with Crippen molar-refractivity contribution in [1.82, 2.24) is 15.2 Å². The fourth-order valence-corrected chi connectivity index (χ4v) is 6.91. The summed E-state index contributed by atoms with van der Waals surface area (Å²) in [4.78, 5) is 45.9. The number of fused-ring (bicyclic) bond motifs is 2. The fraction of sp³-hybridized carbons (Fsp3) is 0.256. The summed E-state index contributed by atoms with van der Waals surface area (Å²) in [5.74, 6) is 0.895. The number of rotatable bonds is 12. The lowest BCUT2D eigenvalue weighted by Gasteiger charge is -2.37. The van der Waals surface area contributed by atoms with Crippen LogP contribution in [0.15, 0.2) is 101 Å². The summed E-state index contributed by atoms with van der Waals surface area (Å²) in [6, 6.07) is 21.2. The van der Waals surface area contributed by atoms with Crippen molar-refractivity contribution in [2.45, 2.75) is 65.0 Å². The molecule has 5 aromatic rings. The number of carbonyl (C=O) groups is 3. The molecule has 2 aliphatic heterocycles. The monoisotopic (exact) mass is 811 g/mol. The van der Waals surface area contributed by atoms with Gasteiger partial charge in [0.05, 0.1) is 15.8 Å². The van der Waals surface area contributed by atoms with Gasteiger partial charge < -0.3 is 38.7 Å². The minimum absolute atomic E-state index is 0.0119. The number of amides is 2. The predicted octanol–water partition coefficient (Wildman–Crippen LogP) is 8.06. The van der Waals surface area contributed by atoms with Gasteiger partial charge in [-0.05, 0) is 96.3 Å². The summed E-state index contributed by atoms with van der Waals surface area (Å²) in [5, 5.41) is 13.8. The van der Waals surface area contributed by atoms with Gasteiger partial charge in [-0.1, -0.05) is 53.5 Å². The smallest absolute Gasteiger partial charge is 0.326 e. The van der Waals surface area contributed by atoms with E-state index in [1.165, 1.54) is 11.2 Å². The van der Waals surface area contributed by atoms with Crippen LogP contribution in [-0.2, 0) is 35.6 Å². The van der Waals surface area contributed by atoms with E-state index < -0.39 is 36.0 Å². The van der Waals surface area contributed by atoms with Crippen LogP contribution in [-0.4, -0.2) is 51.5 Å². The Balaban J connectivity index is 1.07. The van der Waals surface area contributed by atoms with E-state index >= 15 is 0 Å². The summed E-state index contributed by atoms with van der Waals surface area (Å²) in [6.07, 6.45) is 2.75. The number of aromatic nitrogens is 1. The molecule has 2 amide bonds. The number of allylic oxidation sites excluding steroid dienone is 2. The average Bonchev–Trinajstić information content (AvgIpc) is 3.66. The maximum absolute atomic E-state index is 14.0. The molecule has 0 bridgehead atoms. The molecule has 3 atom stereocenters. The van der Waals surface area contributed by atoms with Gasteiger partial charge >= 0.3 is 5.97 Å². The molecule has 7 rings (SSSR count). The number of aliphatic carboxylic acids is 1. The Kier molecular flexibility index (Phi) is 11.7. The van der Waals surface area contributed by atoms with Gasteiger partial charge in [-0.25, -0.2) is 9.78 Å². The van der Waals surface area contributed by atoms with E-state index in [2.05, 4.69) is 10.3 Å². The highest BCUT2D eigenvalue weighted by Gasteiger charge is 2.39. The number of benzene rings is 4. The zero-order valence-corrected chi connectivity index (χ0v) is 32.8. The van der Waals surface area contributed by atoms with Gasteiger partial charge in [0.1, 0.15) is 43.1 Å². The fourth-order valence-electron chi connectivity index (χ4n) is 6.59. The van der Waals surface area contributed by atoms with Crippen LogP contribution < -0.4 is 24.3 Å². The van der Waals surface area contributed by atoms with Crippen molar-refractivity contribution in [3.05, 3.63) is 146 Å². The second-order valence-corrected chi connectivity index (χ2v) is 14.6. The minimum atomic E-state index is -1.27. The lowest BCUT2D eigenvalue weighted by Crippen LogP contribution is -2.56. The number of hydrogen-bond donors (Lipinski definition) is 2. The van der Waals surface area contributed by atoms with Crippen molar-refractivity contribution >= 4 is 41.0 Å². The molecule has 0 saturated heterocycles. The first-order valence-electron chi connectivity index (χ1n) is 18.2. The van der Waals surface area contributed by atoms with Crippen molar-refractivity contribution in [1.29, 1.82) is 0 Å². The van der Waals surface area contributed by atoms with Crippen LogP contribution in [0.1, 0.15) is 64.1 Å². The van der Waals surface area contributed by atoms with E-state index in [0.29, 0.717) is 45.2 Å². The Hall–Kier alpha value is -5.98. The number of halogens is 2. The third-order valence-electron chi connectivity index (χ3n) is 9.76. The molecule has 0 spiro atoms. The first-order chi connectivity index (χ1) is 27.4. The van der Waals surface area contributed by atoms with Gasteiger partial charge in [-0.2, -0.15) is 0 Å². The second-order valence-electron chi connectivity index (χ2n) is 13.7. The maximum Gasteiger partial charge on any atom is 0.326 e. The van der Waals surface area contributed by atoms with Crippen molar-refractivity contribution in [2.75, 3.05) is 6.61 Å². The molecular formula is C43H39Cl2N3O9. The molecule has 0 aliphatic carbocycles. The van der Waals surface area contributed by atoms with E-state index in [-0.39, 0.29) is 37.6 Å². The summed E-state index contributed by atoms with van der Waals surface area (Å²) in [7, 11) is 0. The van der Waals surface area contributed by atoms with Crippen molar-refractivity contribution in [3.8, 4) is 23.0 Å². The minimum Gasteiger partial charge on any atom is -0.489 e. The van der Waals surface area contributed by atoms with E-state index in [1.807, 2.05) is 62.4 Å². The van der Waals surface area contributed by atoms with Gasteiger partial charge in [0.25, 0.3) is 5.91 Å². The van der Waals surface area contributed by atoms with E-state index in [0.717, 1.165) is 28.0 Å². The SMILES string of the molecule is C/C=C(\C)Oc1ccc(C[C@H](NC(=O)[C@@H]2Cc3cc4c(cc3CN2C(=O)c2coc(C)n2)O[C@@H](c2ccc(OCc3ccc(Cl)c(Cl)c3)cc2)CO4)C(=O)O)cc1. The molecule has 57 heavy (non-hydrogen) atoms. The van der Waals surface area contributed by atoms with E-state index in [9.17, 15) is 19.5 Å². The van der Waals surface area contributed by atoms with Crippen LogP contribution in [0.25, 0.3) is 0 Å². The molecule has 2 aliphatic rings. The second kappa shape index (κ2) is 17.0. The number of nitrogens with zero attached hydrogens (tertiary/aromatic N) is 2. The number of nitrogens with one attached hydrogen (secondary N) is 1. The van der Waals surface area contributed by atoms with Crippen molar-refractivity contribution in [2.24, 2.45) is 0 Å². The number of hydrogen-bond acceptors (Lipinski definition) is 9. The van der Waals surface area contributed by atoms with Crippen LogP contribution in [0.5, 0.6) is 23.0 Å². The first-order valence-corrected chi connectivity index (χ1v) is 19.0. The zero-order valence-electron chi connectivity index (χ0n) is 31.3. The maximum atomic E-state index is 14.0. The Morgan fingerprint density at radius 1 is 0.965 bits per heavy atom. The number of aryl methyl sites for hydroxylation is 1. The summed E-state index contributed by atoms with van der Waals surface area (Å²) in [6.45, 7) is 5.88. The topological polar surface area (TPSA) is 150 Å². The highest BCUT2D eigenvalue weighted by Crippen LogP contribution is 2.41. The third kappa shape index (κ3) is 9.19. The summed E-state index contributed by atoms with van der Waals surface area (Å²) < 4.78 is 29.6. The van der Waals surface area contributed by atoms with Crippen LogP contribution in [0.2, 0.25) is 10.0 Å². The van der Waals surface area contributed by atoms with Crippen LogP contribution >= 0.6 is 23.2 Å². The Bertz CT molecular complexity index is 2330. The van der Waals surface area contributed by atoms with Crippen molar-refractivity contribution < 1.29 is 42.9 Å². The number of carboxylic acids is 1. The Labute approximate surface area is 338 Å². The molecule has 0 unspecified atom stereocenters. The predicted molar refractivity (Wildman–Crippen MR) is 211 cm³/mol. The molecule has 3 heterocycles. The normalized spacial score (nSPS) is 16.6. The van der Waals surface area contributed by atoms with E-state index in [1.54, 1.807) is 43.3 Å². The standard InChI is InChI=1S/C43H39Cl2N3O9/c1-4-24(2)56-32-10-5-26(6-11-32)16-35(43(51)52)47-41(49)37-17-29-18-38-39(19-30(29)20-48(37)42(50)36-22-53-25(3)46-36)57-40(23-55-38)28-8-12-31(13-9-28)54-21-27-7-14-33(44)34(45)15-27/h4-15,18-19,22,35,37,40H,16-17,20-21,23H2,1-3H3,(H,47,49)(H,51,52)/b24-4+/t35-,37-,40+/m0/s1. The number of carbonyl (C=O) groups excluding carboxylic acids is 2. The van der Waals surface area contributed by atoms with Crippen molar-refractivity contribution in [3.63, 3.8) is 0 Å². The first kappa shape index (κ1) is 39.3. The number of ether oxygens (including phenoxy) is 4. The highest BCUT2D eigenvalue weighted by molar-refractivity contribution is 6.42. The highest BCUT2D eigenvalue weighted by atomic mass is 35.5. The number of oxazole rings is 1. The van der Waals surface area contributed by atoms with Gasteiger partial charge in [-0.15, -0.1) is 0 Å². The molecule has 1 aromatic heterocycles. The Morgan fingerprint density at radius 2 is 1.68 bits per heavy atom. The van der Waals surface area contributed by atoms with Gasteiger partial charge in [0, 0.05) is 26.3 Å². The van der Waals surface area contributed by atoms with Gasteiger partial charge in [-0.3, -0.25) is 9.59 Å². The zero-order chi connectivity index (χ0) is 40.2. The lowest BCUT2D eigenvalue weighted by molar-refractivity contribution is -0.142. The quantitative estimate of drug-likeness (QED) is 0.119. The molecular weight excluding hydrogens is 773 g/mol. The summed E-state index contributed by atoms with van der Waals surface area (Å²) >= 11 is 12.2. The molecule has 12 nitrogen and oxygen atoms in total. The molecule has 4 aromatic carbocycles. The third-order valence-corrected chi connectivity index (χ3v) is 10.5.